The van der Waals surface area contributed by atoms with Crippen LogP contribution in [0.25, 0.3) is 0 Å². The van der Waals surface area contributed by atoms with Gasteiger partial charge in [-0.2, -0.15) is 0 Å². The first-order valence-electron chi connectivity index (χ1n) is 6.62. The van der Waals surface area contributed by atoms with Crippen molar-refractivity contribution >= 4 is 17.4 Å². The molecule has 0 aliphatic heterocycles. The summed E-state index contributed by atoms with van der Waals surface area (Å²) in [6.45, 7) is 1.67. The van der Waals surface area contributed by atoms with Crippen LogP contribution in [0.4, 0.5) is 4.39 Å². The molecule has 20 heavy (non-hydrogen) atoms. The molecule has 3 heteroatoms. The summed E-state index contributed by atoms with van der Waals surface area (Å²) >= 11 is 5.97. The zero-order valence-electron chi connectivity index (χ0n) is 11.1. The van der Waals surface area contributed by atoms with Crippen LogP contribution in [0.2, 0.25) is 5.02 Å². The molecule has 2 aromatic carbocycles. The van der Waals surface area contributed by atoms with E-state index in [1.54, 1.807) is 19.1 Å². The second-order valence-corrected chi connectivity index (χ2v) is 5.77. The monoisotopic (exact) mass is 288 g/mol. The second-order valence-electron chi connectivity index (χ2n) is 5.33. The van der Waals surface area contributed by atoms with E-state index in [4.69, 9.17) is 11.6 Å². The van der Waals surface area contributed by atoms with Gasteiger partial charge in [0, 0.05) is 16.5 Å². The van der Waals surface area contributed by atoms with Gasteiger partial charge in [0.05, 0.1) is 0 Å². The van der Waals surface area contributed by atoms with Gasteiger partial charge in [0.2, 0.25) is 0 Å². The van der Waals surface area contributed by atoms with E-state index in [1.807, 2.05) is 24.3 Å². The first-order valence-corrected chi connectivity index (χ1v) is 7.00. The van der Waals surface area contributed by atoms with Crippen LogP contribution in [0.3, 0.4) is 0 Å². The Labute approximate surface area is 122 Å². The highest BCUT2D eigenvalue weighted by molar-refractivity contribution is 6.30. The number of ketones is 1. The largest absolute Gasteiger partial charge is 0.294 e. The third-order valence-corrected chi connectivity index (χ3v) is 4.08. The number of hydrogen-bond donors (Lipinski definition) is 0. The van der Waals surface area contributed by atoms with Gasteiger partial charge in [-0.1, -0.05) is 23.7 Å². The Hall–Kier alpha value is -1.67. The highest BCUT2D eigenvalue weighted by atomic mass is 35.5. The molecular formula is C17H14ClFO. The van der Waals surface area contributed by atoms with Gasteiger partial charge in [0.1, 0.15) is 5.82 Å². The third-order valence-electron chi connectivity index (χ3n) is 3.85. The summed E-state index contributed by atoms with van der Waals surface area (Å²) in [5.41, 5.74) is 2.21. The Morgan fingerprint density at radius 2 is 2.05 bits per heavy atom. The number of hydrogen-bond acceptors (Lipinski definition) is 1. The third kappa shape index (κ3) is 2.48. The minimum atomic E-state index is -0.274. The van der Waals surface area contributed by atoms with E-state index in [-0.39, 0.29) is 23.4 Å². The number of halogens is 2. The molecule has 0 amide bonds. The summed E-state index contributed by atoms with van der Waals surface area (Å²) in [5.74, 6) is 0.0618. The maximum Gasteiger partial charge on any atom is 0.166 e. The van der Waals surface area contributed by atoms with Crippen molar-refractivity contribution in [1.82, 2.24) is 0 Å². The van der Waals surface area contributed by atoms with Gasteiger partial charge in [-0.05, 0) is 60.7 Å². The highest BCUT2D eigenvalue weighted by Crippen LogP contribution is 2.49. The summed E-state index contributed by atoms with van der Waals surface area (Å²) in [4.78, 5) is 12.4. The molecule has 1 aliphatic carbocycles. The number of benzene rings is 2. The standard InChI is InChI=1S/C17H14ClFO/c1-10-7-12(5-6-16(10)19)17(20)15-9-14(15)11-3-2-4-13(18)8-11/h2-8,14-15H,9H2,1H3. The Bertz CT molecular complexity index is 680. The van der Waals surface area contributed by atoms with E-state index in [0.29, 0.717) is 16.1 Å². The van der Waals surface area contributed by atoms with Crippen molar-refractivity contribution in [3.05, 3.63) is 70.0 Å². The van der Waals surface area contributed by atoms with E-state index in [1.165, 1.54) is 6.07 Å². The van der Waals surface area contributed by atoms with Gasteiger partial charge in [-0.15, -0.1) is 0 Å². The molecule has 102 valence electrons. The lowest BCUT2D eigenvalue weighted by molar-refractivity contribution is 0.0965. The molecule has 2 atom stereocenters. The van der Waals surface area contributed by atoms with Crippen LogP contribution >= 0.6 is 11.6 Å². The number of Topliss-reactive ketones (excluding diaryl/α,β-unsaturated/α-hetero) is 1. The van der Waals surface area contributed by atoms with E-state index in [9.17, 15) is 9.18 Å². The van der Waals surface area contributed by atoms with Gasteiger partial charge in [-0.3, -0.25) is 4.79 Å². The zero-order valence-corrected chi connectivity index (χ0v) is 11.8. The van der Waals surface area contributed by atoms with E-state index >= 15 is 0 Å². The normalized spacial score (nSPS) is 20.8. The maximum absolute atomic E-state index is 13.2. The Morgan fingerprint density at radius 3 is 2.75 bits per heavy atom. The molecular weight excluding hydrogens is 275 g/mol. The number of carbonyl (C=O) groups is 1. The fourth-order valence-corrected chi connectivity index (χ4v) is 2.80. The molecule has 0 N–H and O–H groups in total. The fraction of sp³-hybridized carbons (Fsp3) is 0.235. The van der Waals surface area contributed by atoms with Crippen molar-refractivity contribution in [1.29, 1.82) is 0 Å². The number of rotatable bonds is 3. The van der Waals surface area contributed by atoms with Crippen molar-refractivity contribution in [3.63, 3.8) is 0 Å². The average molecular weight is 289 g/mol. The van der Waals surface area contributed by atoms with Gasteiger partial charge in [0.25, 0.3) is 0 Å². The lowest BCUT2D eigenvalue weighted by atomic mass is 10.0. The Kier molecular flexibility index (Phi) is 3.35. The predicted molar refractivity (Wildman–Crippen MR) is 77.8 cm³/mol. The van der Waals surface area contributed by atoms with Gasteiger partial charge < -0.3 is 0 Å². The number of carbonyl (C=O) groups excluding carboxylic acids is 1. The molecule has 0 radical (unpaired) electrons. The summed E-state index contributed by atoms with van der Waals surface area (Å²) < 4.78 is 13.2. The molecule has 0 bridgehead atoms. The molecule has 3 rings (SSSR count). The van der Waals surface area contributed by atoms with Crippen LogP contribution in [0.5, 0.6) is 0 Å². The predicted octanol–water partition coefficient (Wildman–Crippen LogP) is 4.77. The van der Waals surface area contributed by atoms with Crippen LogP contribution in [0.1, 0.15) is 33.8 Å². The van der Waals surface area contributed by atoms with Crippen LogP contribution in [-0.4, -0.2) is 5.78 Å². The molecule has 1 aliphatic rings. The van der Waals surface area contributed by atoms with Gasteiger partial charge >= 0.3 is 0 Å². The minimum Gasteiger partial charge on any atom is -0.294 e. The Morgan fingerprint density at radius 1 is 1.25 bits per heavy atom. The summed E-state index contributed by atoms with van der Waals surface area (Å²) in [7, 11) is 0. The fourth-order valence-electron chi connectivity index (χ4n) is 2.60. The van der Waals surface area contributed by atoms with Gasteiger partial charge in [-0.25, -0.2) is 4.39 Å². The van der Waals surface area contributed by atoms with E-state index in [0.717, 1.165) is 12.0 Å². The quantitative estimate of drug-likeness (QED) is 0.743. The molecule has 0 aromatic heterocycles. The summed E-state index contributed by atoms with van der Waals surface area (Å²) in [6, 6.07) is 12.2. The van der Waals surface area contributed by atoms with Crippen molar-refractivity contribution in [3.8, 4) is 0 Å². The van der Waals surface area contributed by atoms with Crippen LogP contribution < -0.4 is 0 Å². The van der Waals surface area contributed by atoms with Gasteiger partial charge in [0.15, 0.2) is 5.78 Å². The lowest BCUT2D eigenvalue weighted by Gasteiger charge is -2.03. The molecule has 0 heterocycles. The maximum atomic E-state index is 13.2. The summed E-state index contributed by atoms with van der Waals surface area (Å²) in [5, 5.41) is 0.693. The first kappa shape index (κ1) is 13.3. The first-order chi connectivity index (χ1) is 9.56. The highest BCUT2D eigenvalue weighted by Gasteiger charge is 2.44. The number of aryl methyl sites for hydroxylation is 1. The van der Waals surface area contributed by atoms with Crippen molar-refractivity contribution in [2.75, 3.05) is 0 Å². The van der Waals surface area contributed by atoms with Crippen LogP contribution in [0, 0.1) is 18.7 Å². The summed E-state index contributed by atoms with van der Waals surface area (Å²) in [6.07, 6.45) is 0.843. The molecule has 1 nitrogen and oxygen atoms in total. The smallest absolute Gasteiger partial charge is 0.166 e. The van der Waals surface area contributed by atoms with Crippen molar-refractivity contribution < 1.29 is 9.18 Å². The van der Waals surface area contributed by atoms with E-state index in [2.05, 4.69) is 0 Å². The Balaban J connectivity index is 1.78. The lowest BCUT2D eigenvalue weighted by Crippen LogP contribution is -2.04. The molecule has 0 spiro atoms. The van der Waals surface area contributed by atoms with Crippen molar-refractivity contribution in [2.24, 2.45) is 5.92 Å². The minimum absolute atomic E-state index is 0.00155. The average Bonchev–Trinajstić information content (AvgIpc) is 3.21. The second kappa shape index (κ2) is 5.02. The topological polar surface area (TPSA) is 17.1 Å². The van der Waals surface area contributed by atoms with E-state index < -0.39 is 0 Å². The van der Waals surface area contributed by atoms with Crippen molar-refractivity contribution in [2.45, 2.75) is 19.3 Å². The molecule has 2 unspecified atom stereocenters. The van der Waals surface area contributed by atoms with Crippen LogP contribution in [0.15, 0.2) is 42.5 Å². The van der Waals surface area contributed by atoms with Crippen LogP contribution in [-0.2, 0) is 0 Å². The zero-order chi connectivity index (χ0) is 14.3. The molecule has 0 saturated heterocycles. The molecule has 1 saturated carbocycles. The molecule has 2 aromatic rings. The molecule has 1 fully saturated rings. The SMILES string of the molecule is Cc1cc(C(=O)C2CC2c2cccc(Cl)c2)ccc1F.